The summed E-state index contributed by atoms with van der Waals surface area (Å²) < 4.78 is 2.63. The molecule has 0 atom stereocenters. The summed E-state index contributed by atoms with van der Waals surface area (Å²) in [6, 6.07) is 6.45. The third kappa shape index (κ3) is 2.74. The standard InChI is InChI=1S/C9H8I2/c1-2-3-7-4-5-8(10)9(11)6-7/h2-6H,1H3/b3-2+. The molecule has 11 heavy (non-hydrogen) atoms. The first-order valence-electron chi connectivity index (χ1n) is 3.32. The molecule has 0 aliphatic rings. The van der Waals surface area contributed by atoms with Crippen LogP contribution in [-0.2, 0) is 0 Å². The maximum absolute atomic E-state index is 2.35. The van der Waals surface area contributed by atoms with Crippen LogP contribution in [0.5, 0.6) is 0 Å². The molecule has 0 N–H and O–H groups in total. The van der Waals surface area contributed by atoms with Gasteiger partial charge in [0, 0.05) is 7.14 Å². The molecule has 0 fully saturated rings. The van der Waals surface area contributed by atoms with Crippen molar-refractivity contribution in [3.8, 4) is 0 Å². The second kappa shape index (κ2) is 4.45. The summed E-state index contributed by atoms with van der Waals surface area (Å²) in [4.78, 5) is 0. The predicted molar refractivity (Wildman–Crippen MR) is 66.6 cm³/mol. The van der Waals surface area contributed by atoms with Gasteiger partial charge in [0.05, 0.1) is 0 Å². The van der Waals surface area contributed by atoms with Gasteiger partial charge in [0.25, 0.3) is 0 Å². The van der Waals surface area contributed by atoms with Crippen molar-refractivity contribution < 1.29 is 0 Å². The highest BCUT2D eigenvalue weighted by atomic mass is 127. The minimum atomic E-state index is 1.28. The zero-order valence-corrected chi connectivity index (χ0v) is 10.5. The number of benzene rings is 1. The van der Waals surface area contributed by atoms with Crippen molar-refractivity contribution in [2.45, 2.75) is 6.92 Å². The number of hydrogen-bond donors (Lipinski definition) is 0. The van der Waals surface area contributed by atoms with Gasteiger partial charge in [-0.15, -0.1) is 0 Å². The summed E-state index contributed by atoms with van der Waals surface area (Å²) in [6.07, 6.45) is 4.16. The van der Waals surface area contributed by atoms with E-state index in [0.717, 1.165) is 0 Å². The third-order valence-corrected chi connectivity index (χ3v) is 4.17. The molecule has 1 rings (SSSR count). The molecule has 0 saturated carbocycles. The number of halogens is 2. The van der Waals surface area contributed by atoms with E-state index >= 15 is 0 Å². The first kappa shape index (κ1) is 9.51. The Morgan fingerprint density at radius 1 is 1.18 bits per heavy atom. The van der Waals surface area contributed by atoms with Gasteiger partial charge < -0.3 is 0 Å². The Morgan fingerprint density at radius 3 is 2.45 bits per heavy atom. The van der Waals surface area contributed by atoms with Gasteiger partial charge >= 0.3 is 0 Å². The topological polar surface area (TPSA) is 0 Å². The molecule has 0 amide bonds. The van der Waals surface area contributed by atoms with Crippen LogP contribution in [-0.4, -0.2) is 0 Å². The SMILES string of the molecule is C/C=C/c1ccc(I)c(I)c1. The van der Waals surface area contributed by atoms with Crippen molar-refractivity contribution in [1.82, 2.24) is 0 Å². The van der Waals surface area contributed by atoms with E-state index < -0.39 is 0 Å². The Morgan fingerprint density at radius 2 is 1.91 bits per heavy atom. The molecule has 0 spiro atoms. The van der Waals surface area contributed by atoms with Crippen LogP contribution in [0.1, 0.15) is 12.5 Å². The molecule has 1 aromatic rings. The highest BCUT2D eigenvalue weighted by Crippen LogP contribution is 2.16. The molecule has 0 nitrogen and oxygen atoms in total. The average Bonchev–Trinajstić information content (AvgIpc) is 1.98. The van der Waals surface area contributed by atoms with Gasteiger partial charge in [-0.3, -0.25) is 0 Å². The average molecular weight is 370 g/mol. The van der Waals surface area contributed by atoms with Crippen LogP contribution in [0, 0.1) is 7.14 Å². The Kier molecular flexibility index (Phi) is 3.84. The maximum Gasteiger partial charge on any atom is 0.0269 e. The summed E-state index contributed by atoms with van der Waals surface area (Å²) in [5, 5.41) is 0. The lowest BCUT2D eigenvalue weighted by molar-refractivity contribution is 1.55. The van der Waals surface area contributed by atoms with Crippen molar-refractivity contribution >= 4 is 51.3 Å². The van der Waals surface area contributed by atoms with Crippen LogP contribution in [0.25, 0.3) is 6.08 Å². The summed E-state index contributed by atoms with van der Waals surface area (Å²) >= 11 is 4.69. The van der Waals surface area contributed by atoms with Crippen LogP contribution < -0.4 is 0 Å². The second-order valence-electron chi connectivity index (χ2n) is 2.17. The Bertz CT molecular complexity index is 277. The molecule has 0 saturated heterocycles. The molecular weight excluding hydrogens is 362 g/mol. The van der Waals surface area contributed by atoms with Crippen molar-refractivity contribution in [3.63, 3.8) is 0 Å². The number of allylic oxidation sites excluding steroid dienone is 1. The van der Waals surface area contributed by atoms with Crippen LogP contribution in [0.2, 0.25) is 0 Å². The van der Waals surface area contributed by atoms with Gasteiger partial charge in [0.2, 0.25) is 0 Å². The van der Waals surface area contributed by atoms with Crippen molar-refractivity contribution in [3.05, 3.63) is 37.0 Å². The fraction of sp³-hybridized carbons (Fsp3) is 0.111. The van der Waals surface area contributed by atoms with Gasteiger partial charge in [0.1, 0.15) is 0 Å². The largest absolute Gasteiger partial charge is 0.0871 e. The Balaban J connectivity index is 3.05. The summed E-state index contributed by atoms with van der Waals surface area (Å²) in [6.45, 7) is 2.03. The van der Waals surface area contributed by atoms with Crippen LogP contribution in [0.15, 0.2) is 24.3 Å². The quantitative estimate of drug-likeness (QED) is 0.658. The first-order chi connectivity index (χ1) is 5.24. The van der Waals surface area contributed by atoms with Crippen LogP contribution in [0.3, 0.4) is 0 Å². The summed E-state index contributed by atoms with van der Waals surface area (Å²) in [5.41, 5.74) is 1.28. The Labute approximate surface area is 94.4 Å². The molecule has 0 aliphatic heterocycles. The molecule has 0 aliphatic carbocycles. The molecular formula is C9H8I2. The highest BCUT2D eigenvalue weighted by Gasteiger charge is 1.94. The monoisotopic (exact) mass is 370 g/mol. The van der Waals surface area contributed by atoms with Crippen molar-refractivity contribution in [2.75, 3.05) is 0 Å². The number of hydrogen-bond acceptors (Lipinski definition) is 0. The van der Waals surface area contributed by atoms with Gasteiger partial charge in [-0.25, -0.2) is 0 Å². The third-order valence-electron chi connectivity index (χ3n) is 1.30. The Hall–Kier alpha value is 0.420. The lowest BCUT2D eigenvalue weighted by Crippen LogP contribution is -1.79. The predicted octanol–water partition coefficient (Wildman–Crippen LogP) is 3.93. The van der Waals surface area contributed by atoms with Crippen LogP contribution in [0.4, 0.5) is 0 Å². The summed E-state index contributed by atoms with van der Waals surface area (Å²) in [5.74, 6) is 0. The molecule has 0 unspecified atom stereocenters. The van der Waals surface area contributed by atoms with Gasteiger partial charge in [-0.1, -0.05) is 18.2 Å². The smallest absolute Gasteiger partial charge is 0.0269 e. The second-order valence-corrected chi connectivity index (χ2v) is 4.50. The van der Waals surface area contributed by atoms with E-state index in [9.17, 15) is 0 Å². The molecule has 0 aromatic heterocycles. The zero-order chi connectivity index (χ0) is 8.27. The highest BCUT2D eigenvalue weighted by molar-refractivity contribution is 14.1. The van der Waals surface area contributed by atoms with Gasteiger partial charge in [-0.05, 0) is 69.8 Å². The number of rotatable bonds is 1. The van der Waals surface area contributed by atoms with Gasteiger partial charge in [0.15, 0.2) is 0 Å². The minimum Gasteiger partial charge on any atom is -0.0871 e. The van der Waals surface area contributed by atoms with Crippen molar-refractivity contribution in [1.29, 1.82) is 0 Å². The van der Waals surface area contributed by atoms with E-state index in [1.54, 1.807) is 0 Å². The molecule has 1 aromatic carbocycles. The normalized spacial score (nSPS) is 10.8. The fourth-order valence-electron chi connectivity index (χ4n) is 0.809. The molecule has 58 valence electrons. The lowest BCUT2D eigenvalue weighted by atomic mass is 10.2. The first-order valence-corrected chi connectivity index (χ1v) is 5.47. The van der Waals surface area contributed by atoms with Crippen LogP contribution >= 0.6 is 45.2 Å². The molecule has 0 radical (unpaired) electrons. The lowest BCUT2D eigenvalue weighted by Gasteiger charge is -1.96. The van der Waals surface area contributed by atoms with Crippen molar-refractivity contribution in [2.24, 2.45) is 0 Å². The summed E-state index contributed by atoms with van der Waals surface area (Å²) in [7, 11) is 0. The molecule has 2 heteroatoms. The van der Waals surface area contributed by atoms with E-state index in [2.05, 4.69) is 75.5 Å². The molecule has 0 heterocycles. The van der Waals surface area contributed by atoms with E-state index in [0.29, 0.717) is 0 Å². The maximum atomic E-state index is 2.35. The zero-order valence-electron chi connectivity index (χ0n) is 6.14. The van der Waals surface area contributed by atoms with E-state index in [1.807, 2.05) is 6.92 Å². The molecule has 0 bridgehead atoms. The van der Waals surface area contributed by atoms with E-state index in [-0.39, 0.29) is 0 Å². The van der Waals surface area contributed by atoms with E-state index in [4.69, 9.17) is 0 Å². The minimum absolute atomic E-state index is 1.28. The van der Waals surface area contributed by atoms with Gasteiger partial charge in [-0.2, -0.15) is 0 Å². The van der Waals surface area contributed by atoms with E-state index in [1.165, 1.54) is 12.7 Å². The fourth-order valence-corrected chi connectivity index (χ4v) is 1.68.